The van der Waals surface area contributed by atoms with Crippen molar-refractivity contribution in [1.29, 1.82) is 0 Å². The summed E-state index contributed by atoms with van der Waals surface area (Å²) in [5.74, 6) is 2.10. The predicted octanol–water partition coefficient (Wildman–Crippen LogP) is 4.53. The molecule has 2 atom stereocenters. The molecule has 1 aromatic rings. The monoisotopic (exact) mass is 379 g/mol. The van der Waals surface area contributed by atoms with Crippen molar-refractivity contribution in [3.63, 3.8) is 0 Å². The summed E-state index contributed by atoms with van der Waals surface area (Å²) in [6.45, 7) is 2.28. The maximum atomic E-state index is 5.32. The molecule has 0 radical (unpaired) electrons. The highest BCUT2D eigenvalue weighted by atomic mass is 79.9. The fourth-order valence-electron chi connectivity index (χ4n) is 1.92. The Morgan fingerprint density at radius 1 is 1.35 bits per heavy atom. The number of anilines is 1. The van der Waals surface area contributed by atoms with Crippen LogP contribution in [-0.4, -0.2) is 24.2 Å². The van der Waals surface area contributed by atoms with Crippen molar-refractivity contribution >= 4 is 49.3 Å². The molecule has 0 bridgehead atoms. The molecule has 0 saturated carbocycles. The molecule has 94 valence electrons. The van der Waals surface area contributed by atoms with Gasteiger partial charge in [-0.25, -0.2) is 0 Å². The first-order valence-corrected chi connectivity index (χ1v) is 8.16. The Morgan fingerprint density at radius 2 is 2.12 bits per heavy atom. The number of thioether (sulfide) groups is 1. The molecule has 1 aromatic carbocycles. The minimum atomic E-state index is 0.544. The van der Waals surface area contributed by atoms with Crippen LogP contribution in [-0.2, 0) is 0 Å². The smallest absolute Gasteiger partial charge is 0.135 e. The summed E-state index contributed by atoms with van der Waals surface area (Å²) in [6.07, 6.45) is 1.22. The molecule has 0 amide bonds. The molecule has 1 heterocycles. The number of methoxy groups -OCH3 is 1. The Labute approximate surface area is 123 Å². The van der Waals surface area contributed by atoms with E-state index >= 15 is 0 Å². The third-order valence-electron chi connectivity index (χ3n) is 2.96. The van der Waals surface area contributed by atoms with Gasteiger partial charge in [-0.3, -0.25) is 0 Å². The molecule has 1 fully saturated rings. The van der Waals surface area contributed by atoms with Gasteiger partial charge in [0.15, 0.2) is 0 Å². The number of hydrogen-bond acceptors (Lipinski definition) is 3. The van der Waals surface area contributed by atoms with Crippen LogP contribution in [0.15, 0.2) is 21.1 Å². The van der Waals surface area contributed by atoms with Gasteiger partial charge in [-0.2, -0.15) is 11.8 Å². The maximum Gasteiger partial charge on any atom is 0.135 e. The van der Waals surface area contributed by atoms with Crippen LogP contribution in [0.5, 0.6) is 5.75 Å². The molecule has 0 spiro atoms. The van der Waals surface area contributed by atoms with Gasteiger partial charge in [0.25, 0.3) is 0 Å². The number of rotatable bonds is 3. The fraction of sp³-hybridized carbons (Fsp3) is 0.500. The lowest BCUT2D eigenvalue weighted by molar-refractivity contribution is 0.412. The Morgan fingerprint density at radius 3 is 2.71 bits per heavy atom. The summed E-state index contributed by atoms with van der Waals surface area (Å²) in [4.78, 5) is 0. The van der Waals surface area contributed by atoms with Crippen LogP contribution in [0.25, 0.3) is 0 Å². The van der Waals surface area contributed by atoms with E-state index in [1.165, 1.54) is 12.2 Å². The summed E-state index contributed by atoms with van der Waals surface area (Å²) in [7, 11) is 1.69. The summed E-state index contributed by atoms with van der Waals surface area (Å²) in [5, 5.41) is 4.26. The molecule has 0 aromatic heterocycles. The van der Waals surface area contributed by atoms with E-state index < -0.39 is 0 Å². The molecule has 17 heavy (non-hydrogen) atoms. The van der Waals surface area contributed by atoms with Crippen LogP contribution in [0.3, 0.4) is 0 Å². The second kappa shape index (κ2) is 5.85. The van der Waals surface area contributed by atoms with Gasteiger partial charge in [-0.15, -0.1) is 0 Å². The summed E-state index contributed by atoms with van der Waals surface area (Å²) < 4.78 is 7.35. The molecular formula is C12H15Br2NOS. The van der Waals surface area contributed by atoms with E-state index in [4.69, 9.17) is 4.74 Å². The molecule has 5 heteroatoms. The zero-order valence-electron chi connectivity index (χ0n) is 9.80. The number of ether oxygens (including phenoxy) is 1. The second-order valence-electron chi connectivity index (χ2n) is 4.08. The first kappa shape index (κ1) is 13.6. The fourth-order valence-corrected chi connectivity index (χ4v) is 4.39. The highest BCUT2D eigenvalue weighted by Crippen LogP contribution is 2.37. The maximum absolute atomic E-state index is 5.32. The molecule has 2 nitrogen and oxygen atoms in total. The Balaban J connectivity index is 2.20. The van der Waals surface area contributed by atoms with Crippen molar-refractivity contribution in [3.8, 4) is 5.75 Å². The van der Waals surface area contributed by atoms with E-state index in [0.29, 0.717) is 11.3 Å². The van der Waals surface area contributed by atoms with Crippen LogP contribution in [0.2, 0.25) is 0 Å². The van der Waals surface area contributed by atoms with Gasteiger partial charge >= 0.3 is 0 Å². The minimum Gasteiger partial charge on any atom is -0.495 e. The van der Waals surface area contributed by atoms with Crippen molar-refractivity contribution < 1.29 is 4.74 Å². The molecule has 0 aliphatic carbocycles. The average molecular weight is 381 g/mol. The average Bonchev–Trinajstić information content (AvgIpc) is 2.68. The van der Waals surface area contributed by atoms with Crippen LogP contribution >= 0.6 is 43.6 Å². The van der Waals surface area contributed by atoms with Gasteiger partial charge < -0.3 is 10.1 Å². The third kappa shape index (κ3) is 3.12. The lowest BCUT2D eigenvalue weighted by Gasteiger charge is -2.20. The Bertz CT molecular complexity index is 414. The molecule has 2 rings (SSSR count). The first-order chi connectivity index (χ1) is 8.11. The van der Waals surface area contributed by atoms with Gasteiger partial charge in [0, 0.05) is 21.8 Å². The van der Waals surface area contributed by atoms with Gasteiger partial charge in [0.2, 0.25) is 0 Å². The van der Waals surface area contributed by atoms with E-state index in [2.05, 4.69) is 44.1 Å². The SMILES string of the molecule is COc1cc(NC2CCSC2C)c(Br)cc1Br. The normalized spacial score (nSPS) is 23.8. The minimum absolute atomic E-state index is 0.544. The van der Waals surface area contributed by atoms with Crippen LogP contribution in [0.4, 0.5) is 5.69 Å². The molecule has 1 saturated heterocycles. The van der Waals surface area contributed by atoms with Gasteiger partial charge in [-0.05, 0) is 50.1 Å². The molecule has 1 N–H and O–H groups in total. The molecule has 1 aliphatic rings. The zero-order valence-corrected chi connectivity index (χ0v) is 13.8. The van der Waals surface area contributed by atoms with Crippen molar-refractivity contribution in [2.75, 3.05) is 18.2 Å². The van der Waals surface area contributed by atoms with Gasteiger partial charge in [0.1, 0.15) is 5.75 Å². The highest BCUT2D eigenvalue weighted by Gasteiger charge is 2.24. The number of halogens is 2. The number of nitrogens with one attached hydrogen (secondary N) is 1. The third-order valence-corrected chi connectivity index (χ3v) is 5.56. The first-order valence-electron chi connectivity index (χ1n) is 5.53. The number of hydrogen-bond donors (Lipinski definition) is 1. The van der Waals surface area contributed by atoms with Crippen LogP contribution < -0.4 is 10.1 Å². The van der Waals surface area contributed by atoms with Gasteiger partial charge in [-0.1, -0.05) is 6.92 Å². The zero-order chi connectivity index (χ0) is 12.4. The quantitative estimate of drug-likeness (QED) is 0.832. The van der Waals surface area contributed by atoms with E-state index in [1.54, 1.807) is 7.11 Å². The Kier molecular flexibility index (Phi) is 4.66. The Hall–Kier alpha value is 0.130. The summed E-state index contributed by atoms with van der Waals surface area (Å²) in [6, 6.07) is 4.60. The lowest BCUT2D eigenvalue weighted by atomic mass is 10.1. The van der Waals surface area contributed by atoms with E-state index in [9.17, 15) is 0 Å². The molecular weight excluding hydrogens is 366 g/mol. The van der Waals surface area contributed by atoms with E-state index in [1.807, 2.05) is 23.9 Å². The largest absolute Gasteiger partial charge is 0.495 e. The topological polar surface area (TPSA) is 21.3 Å². The molecule has 2 unspecified atom stereocenters. The van der Waals surface area contributed by atoms with Crippen molar-refractivity contribution in [2.24, 2.45) is 0 Å². The van der Waals surface area contributed by atoms with Crippen LogP contribution in [0.1, 0.15) is 13.3 Å². The number of benzene rings is 1. The van der Waals surface area contributed by atoms with Crippen LogP contribution in [0, 0.1) is 0 Å². The predicted molar refractivity (Wildman–Crippen MR) is 82.3 cm³/mol. The standard InChI is InChI=1S/C12H15Br2NOS/c1-7-10(3-4-17-7)15-11-6-12(16-2)9(14)5-8(11)13/h5-7,10,15H,3-4H2,1-2H3. The van der Waals surface area contributed by atoms with Gasteiger partial charge in [0.05, 0.1) is 17.3 Å². The van der Waals surface area contributed by atoms with Crippen molar-refractivity contribution in [1.82, 2.24) is 0 Å². The van der Waals surface area contributed by atoms with Crippen molar-refractivity contribution in [3.05, 3.63) is 21.1 Å². The molecule has 1 aliphatic heterocycles. The lowest BCUT2D eigenvalue weighted by Crippen LogP contribution is -2.24. The van der Waals surface area contributed by atoms with E-state index in [-0.39, 0.29) is 0 Å². The van der Waals surface area contributed by atoms with E-state index in [0.717, 1.165) is 20.4 Å². The van der Waals surface area contributed by atoms with Crippen molar-refractivity contribution in [2.45, 2.75) is 24.6 Å². The summed E-state index contributed by atoms with van der Waals surface area (Å²) in [5.41, 5.74) is 1.10. The highest BCUT2D eigenvalue weighted by molar-refractivity contribution is 9.11. The summed E-state index contributed by atoms with van der Waals surface area (Å²) >= 11 is 9.09. The second-order valence-corrected chi connectivity index (χ2v) is 7.28.